The van der Waals surface area contributed by atoms with Gasteiger partial charge in [-0.3, -0.25) is 9.59 Å². The summed E-state index contributed by atoms with van der Waals surface area (Å²) in [5.41, 5.74) is 9.77. The van der Waals surface area contributed by atoms with Crippen LogP contribution in [0, 0.1) is 5.92 Å². The molecular weight excluding hydrogens is 360 g/mol. The Morgan fingerprint density at radius 2 is 2.07 bits per heavy atom. The lowest BCUT2D eigenvalue weighted by molar-refractivity contribution is -0.118. The zero-order chi connectivity index (χ0) is 19.0. The van der Waals surface area contributed by atoms with Gasteiger partial charge < -0.3 is 15.8 Å². The van der Waals surface area contributed by atoms with E-state index in [-0.39, 0.29) is 12.5 Å². The first-order valence-corrected chi connectivity index (χ1v) is 10.3. The highest BCUT2D eigenvalue weighted by Gasteiger charge is 2.27. The van der Waals surface area contributed by atoms with Gasteiger partial charge in [-0.15, -0.1) is 11.3 Å². The SMILES string of the molecule is C[C@H]1CCc2c(sc(NC(=O)COc3ccc4c(c3)CCC4)c2C(N)=O)C1. The van der Waals surface area contributed by atoms with E-state index in [0.717, 1.165) is 42.5 Å². The molecule has 2 aromatic rings. The summed E-state index contributed by atoms with van der Waals surface area (Å²) in [5, 5.41) is 3.40. The fourth-order valence-corrected chi connectivity index (χ4v) is 5.48. The van der Waals surface area contributed by atoms with E-state index in [0.29, 0.717) is 22.2 Å². The van der Waals surface area contributed by atoms with Gasteiger partial charge in [0.1, 0.15) is 10.8 Å². The Balaban J connectivity index is 1.44. The number of anilines is 1. The minimum atomic E-state index is -0.475. The number of primary amides is 1. The number of hydrogen-bond acceptors (Lipinski definition) is 4. The van der Waals surface area contributed by atoms with Crippen molar-refractivity contribution in [1.29, 1.82) is 0 Å². The monoisotopic (exact) mass is 384 g/mol. The molecular formula is C21H24N2O3S. The molecule has 2 amide bonds. The van der Waals surface area contributed by atoms with Crippen molar-refractivity contribution in [2.45, 2.75) is 45.4 Å². The molecule has 5 nitrogen and oxygen atoms in total. The van der Waals surface area contributed by atoms with Gasteiger partial charge in [0.2, 0.25) is 0 Å². The first-order chi connectivity index (χ1) is 13.0. The largest absolute Gasteiger partial charge is 0.484 e. The Labute approximate surface area is 162 Å². The topological polar surface area (TPSA) is 81.4 Å². The van der Waals surface area contributed by atoms with Crippen molar-refractivity contribution < 1.29 is 14.3 Å². The number of carbonyl (C=O) groups excluding carboxylic acids is 2. The molecule has 142 valence electrons. The van der Waals surface area contributed by atoms with Crippen molar-refractivity contribution in [1.82, 2.24) is 0 Å². The summed E-state index contributed by atoms with van der Waals surface area (Å²) in [6.45, 7) is 2.12. The number of benzene rings is 1. The summed E-state index contributed by atoms with van der Waals surface area (Å²) >= 11 is 1.47. The number of thiophene rings is 1. The second kappa shape index (κ2) is 7.35. The van der Waals surface area contributed by atoms with Crippen LogP contribution in [0.5, 0.6) is 5.75 Å². The highest BCUT2D eigenvalue weighted by Crippen LogP contribution is 2.39. The van der Waals surface area contributed by atoms with Gasteiger partial charge in [-0.2, -0.15) is 0 Å². The van der Waals surface area contributed by atoms with Crippen LogP contribution < -0.4 is 15.8 Å². The molecule has 0 bridgehead atoms. The highest BCUT2D eigenvalue weighted by molar-refractivity contribution is 7.17. The number of ether oxygens (including phenoxy) is 1. The molecule has 27 heavy (non-hydrogen) atoms. The zero-order valence-electron chi connectivity index (χ0n) is 15.5. The molecule has 0 fully saturated rings. The number of aryl methyl sites for hydroxylation is 2. The van der Waals surface area contributed by atoms with E-state index in [1.54, 1.807) is 0 Å². The zero-order valence-corrected chi connectivity index (χ0v) is 16.3. The van der Waals surface area contributed by atoms with Crippen LogP contribution in [0.4, 0.5) is 5.00 Å². The maximum absolute atomic E-state index is 12.4. The van der Waals surface area contributed by atoms with Crippen LogP contribution >= 0.6 is 11.3 Å². The van der Waals surface area contributed by atoms with Gasteiger partial charge in [-0.25, -0.2) is 0 Å². The number of nitrogens with one attached hydrogen (secondary N) is 1. The Morgan fingerprint density at radius 3 is 2.89 bits per heavy atom. The second-order valence-electron chi connectivity index (χ2n) is 7.54. The number of fused-ring (bicyclic) bond motifs is 2. The van der Waals surface area contributed by atoms with E-state index < -0.39 is 5.91 Å². The molecule has 0 spiro atoms. The van der Waals surface area contributed by atoms with Gasteiger partial charge >= 0.3 is 0 Å². The lowest BCUT2D eigenvalue weighted by Gasteiger charge is -2.18. The van der Waals surface area contributed by atoms with Crippen LogP contribution in [0.2, 0.25) is 0 Å². The quantitative estimate of drug-likeness (QED) is 0.828. The molecule has 0 saturated heterocycles. The summed E-state index contributed by atoms with van der Waals surface area (Å²) < 4.78 is 5.66. The molecule has 0 aliphatic heterocycles. The summed E-state index contributed by atoms with van der Waals surface area (Å²) in [4.78, 5) is 25.5. The second-order valence-corrected chi connectivity index (χ2v) is 8.65. The van der Waals surface area contributed by atoms with Crippen molar-refractivity contribution >= 4 is 28.2 Å². The predicted molar refractivity (Wildman–Crippen MR) is 107 cm³/mol. The fourth-order valence-electron chi connectivity index (χ4n) is 4.05. The first kappa shape index (κ1) is 18.0. The maximum Gasteiger partial charge on any atom is 0.262 e. The molecule has 4 rings (SSSR count). The van der Waals surface area contributed by atoms with Gasteiger partial charge in [-0.05, 0) is 73.3 Å². The number of carbonyl (C=O) groups is 2. The van der Waals surface area contributed by atoms with E-state index in [1.807, 2.05) is 12.1 Å². The van der Waals surface area contributed by atoms with Crippen molar-refractivity contribution in [2.24, 2.45) is 11.7 Å². The third kappa shape index (κ3) is 3.72. The normalized spacial score (nSPS) is 17.9. The van der Waals surface area contributed by atoms with Crippen LogP contribution in [-0.4, -0.2) is 18.4 Å². The molecule has 2 aliphatic rings. The van der Waals surface area contributed by atoms with E-state index >= 15 is 0 Å². The third-order valence-corrected chi connectivity index (χ3v) is 6.62. The van der Waals surface area contributed by atoms with Crippen molar-refractivity contribution in [3.63, 3.8) is 0 Å². The Hall–Kier alpha value is -2.34. The highest BCUT2D eigenvalue weighted by atomic mass is 32.1. The molecule has 1 aromatic carbocycles. The van der Waals surface area contributed by atoms with Gasteiger partial charge in [0.05, 0.1) is 5.56 Å². The minimum Gasteiger partial charge on any atom is -0.484 e. The minimum absolute atomic E-state index is 0.0873. The van der Waals surface area contributed by atoms with E-state index in [9.17, 15) is 9.59 Å². The Morgan fingerprint density at radius 1 is 1.26 bits per heavy atom. The average molecular weight is 385 g/mol. The number of nitrogens with two attached hydrogens (primary N) is 1. The molecule has 0 unspecified atom stereocenters. The summed E-state index contributed by atoms with van der Waals surface area (Å²) in [7, 11) is 0. The van der Waals surface area contributed by atoms with Crippen LogP contribution in [0.1, 0.15) is 51.7 Å². The predicted octanol–water partition coefficient (Wildman–Crippen LogP) is 3.48. The molecule has 0 radical (unpaired) electrons. The van der Waals surface area contributed by atoms with Crippen LogP contribution in [0.3, 0.4) is 0 Å². The Kier molecular flexibility index (Phi) is 4.91. The number of rotatable bonds is 5. The lowest BCUT2D eigenvalue weighted by Crippen LogP contribution is -2.22. The number of amides is 2. The summed E-state index contributed by atoms with van der Waals surface area (Å²) in [6.07, 6.45) is 6.18. The molecule has 3 N–H and O–H groups in total. The van der Waals surface area contributed by atoms with E-state index in [2.05, 4.69) is 18.3 Å². The number of hydrogen-bond donors (Lipinski definition) is 2. The molecule has 6 heteroatoms. The molecule has 1 atom stereocenters. The lowest BCUT2D eigenvalue weighted by atomic mass is 9.88. The van der Waals surface area contributed by atoms with Gasteiger partial charge in [0, 0.05) is 4.88 Å². The molecule has 2 aliphatic carbocycles. The third-order valence-electron chi connectivity index (χ3n) is 5.45. The van der Waals surface area contributed by atoms with Gasteiger partial charge in [0.15, 0.2) is 6.61 Å². The van der Waals surface area contributed by atoms with Crippen LogP contribution in [0.25, 0.3) is 0 Å². The van der Waals surface area contributed by atoms with Crippen LogP contribution in [-0.2, 0) is 30.5 Å². The first-order valence-electron chi connectivity index (χ1n) is 9.50. The maximum atomic E-state index is 12.4. The summed E-state index contributed by atoms with van der Waals surface area (Å²) in [5.74, 6) is 0.547. The van der Waals surface area contributed by atoms with Crippen molar-refractivity contribution in [3.8, 4) is 5.75 Å². The van der Waals surface area contributed by atoms with Gasteiger partial charge in [0.25, 0.3) is 11.8 Å². The van der Waals surface area contributed by atoms with E-state index in [4.69, 9.17) is 10.5 Å². The fraction of sp³-hybridized carbons (Fsp3) is 0.429. The summed E-state index contributed by atoms with van der Waals surface area (Å²) in [6, 6.07) is 6.02. The van der Waals surface area contributed by atoms with Gasteiger partial charge in [-0.1, -0.05) is 13.0 Å². The smallest absolute Gasteiger partial charge is 0.262 e. The van der Waals surface area contributed by atoms with Crippen molar-refractivity contribution in [2.75, 3.05) is 11.9 Å². The molecule has 0 saturated carbocycles. The molecule has 1 heterocycles. The van der Waals surface area contributed by atoms with E-state index in [1.165, 1.54) is 28.9 Å². The Bertz CT molecular complexity index is 903. The van der Waals surface area contributed by atoms with Crippen molar-refractivity contribution in [3.05, 3.63) is 45.3 Å². The van der Waals surface area contributed by atoms with Crippen LogP contribution in [0.15, 0.2) is 18.2 Å². The standard InChI is InChI=1S/C21H24N2O3S/c1-12-5-8-16-17(9-12)27-21(19(16)20(22)25)23-18(24)11-26-15-7-6-13-3-2-4-14(13)10-15/h6-7,10,12H,2-5,8-9,11H2,1H3,(H2,22,25)(H,23,24)/t12-/m0/s1. The average Bonchev–Trinajstić information content (AvgIpc) is 3.22. The molecule has 1 aromatic heterocycles.